The van der Waals surface area contributed by atoms with Crippen molar-refractivity contribution in [2.75, 3.05) is 6.26 Å². The molecule has 178 valence electrons. The summed E-state index contributed by atoms with van der Waals surface area (Å²) in [6.45, 7) is 3.89. The van der Waals surface area contributed by atoms with Crippen LogP contribution in [0.2, 0.25) is 0 Å². The Kier molecular flexibility index (Phi) is 6.52. The third-order valence-electron chi connectivity index (χ3n) is 6.49. The van der Waals surface area contributed by atoms with Crippen LogP contribution >= 0.6 is 0 Å². The van der Waals surface area contributed by atoms with Gasteiger partial charge in [-0.1, -0.05) is 19.1 Å². The number of carbonyl (C=O) groups excluding carboxylic acids is 1. The van der Waals surface area contributed by atoms with E-state index >= 15 is 0 Å². The normalized spacial score (nSPS) is 23.2. The van der Waals surface area contributed by atoms with Crippen LogP contribution in [0.1, 0.15) is 46.0 Å². The molecule has 9 heteroatoms. The zero-order valence-electron chi connectivity index (χ0n) is 19.1. The van der Waals surface area contributed by atoms with Crippen molar-refractivity contribution in [3.05, 3.63) is 46.8 Å². The first-order valence-corrected chi connectivity index (χ1v) is 13.2. The topological polar surface area (TPSA) is 106 Å². The first kappa shape index (κ1) is 23.4. The maximum atomic E-state index is 12.6. The van der Waals surface area contributed by atoms with Crippen LogP contribution in [-0.2, 0) is 14.6 Å². The number of hydrogen-bond donors (Lipinski definition) is 1. The molecule has 3 atom stereocenters. The molecule has 1 N–H and O–H groups in total. The molecule has 2 saturated heterocycles. The highest BCUT2D eigenvalue weighted by Crippen LogP contribution is 2.38. The monoisotopic (exact) mass is 474 g/mol. The van der Waals surface area contributed by atoms with Crippen LogP contribution in [-0.4, -0.2) is 54.9 Å². The van der Waals surface area contributed by atoms with Gasteiger partial charge in [0.2, 0.25) is 0 Å². The Morgan fingerprint density at radius 2 is 1.79 bits per heavy atom. The Morgan fingerprint density at radius 1 is 1.15 bits per heavy atom. The van der Waals surface area contributed by atoms with Crippen molar-refractivity contribution >= 4 is 15.9 Å². The molecule has 0 spiro atoms. The first-order chi connectivity index (χ1) is 15.6. The number of amides is 1. The van der Waals surface area contributed by atoms with Gasteiger partial charge >= 0.3 is 6.09 Å². The number of benzene rings is 1. The van der Waals surface area contributed by atoms with Gasteiger partial charge in [0.1, 0.15) is 18.0 Å². The van der Waals surface area contributed by atoms with E-state index in [1.165, 1.54) is 18.2 Å². The Labute approximate surface area is 193 Å². The second-order valence-corrected chi connectivity index (χ2v) is 11.0. The van der Waals surface area contributed by atoms with Crippen molar-refractivity contribution in [2.24, 2.45) is 0 Å². The highest BCUT2D eigenvalue weighted by molar-refractivity contribution is 7.90. The van der Waals surface area contributed by atoms with Crippen molar-refractivity contribution in [3.63, 3.8) is 0 Å². The van der Waals surface area contributed by atoms with Gasteiger partial charge in [0.15, 0.2) is 9.84 Å². The van der Waals surface area contributed by atoms with Gasteiger partial charge in [-0.3, -0.25) is 4.79 Å². The van der Waals surface area contributed by atoms with E-state index in [1.807, 2.05) is 18.7 Å². The molecule has 4 rings (SSSR count). The minimum absolute atomic E-state index is 0.0790. The van der Waals surface area contributed by atoms with E-state index in [-0.39, 0.29) is 40.8 Å². The molecule has 2 aromatic rings. The van der Waals surface area contributed by atoms with Gasteiger partial charge in [0.05, 0.1) is 10.6 Å². The van der Waals surface area contributed by atoms with E-state index in [9.17, 15) is 18.0 Å². The Balaban J connectivity index is 1.47. The summed E-state index contributed by atoms with van der Waals surface area (Å²) in [6, 6.07) is 9.68. The maximum absolute atomic E-state index is 12.6. The number of H-pyrrole nitrogens is 1. The van der Waals surface area contributed by atoms with E-state index in [2.05, 4.69) is 4.98 Å². The molecule has 2 aliphatic heterocycles. The van der Waals surface area contributed by atoms with Gasteiger partial charge in [-0.15, -0.1) is 0 Å². The van der Waals surface area contributed by atoms with Crippen LogP contribution in [0.4, 0.5) is 4.79 Å². The molecule has 1 aromatic carbocycles. The van der Waals surface area contributed by atoms with Crippen LogP contribution in [0, 0.1) is 0 Å². The van der Waals surface area contributed by atoms with Gasteiger partial charge in [0.25, 0.3) is 5.56 Å². The second kappa shape index (κ2) is 9.21. The molecule has 3 heterocycles. The molecule has 2 bridgehead atoms. The zero-order valence-corrected chi connectivity index (χ0v) is 19.9. The number of ether oxygens (including phenoxy) is 2. The summed E-state index contributed by atoms with van der Waals surface area (Å²) in [4.78, 5) is 29.7. The Bertz CT molecular complexity index is 1160. The molecule has 1 aromatic heterocycles. The van der Waals surface area contributed by atoms with E-state index in [0.29, 0.717) is 29.8 Å². The van der Waals surface area contributed by atoms with Crippen molar-refractivity contribution in [1.82, 2.24) is 9.88 Å². The van der Waals surface area contributed by atoms with E-state index < -0.39 is 9.84 Å². The molecular weight excluding hydrogens is 444 g/mol. The van der Waals surface area contributed by atoms with E-state index in [0.717, 1.165) is 25.5 Å². The molecule has 8 nitrogen and oxygen atoms in total. The van der Waals surface area contributed by atoms with Crippen molar-refractivity contribution < 1.29 is 22.7 Å². The summed E-state index contributed by atoms with van der Waals surface area (Å²) < 4.78 is 35.1. The summed E-state index contributed by atoms with van der Waals surface area (Å²) in [5.74, 6) is 0.459. The number of carbonyl (C=O) groups is 1. The lowest BCUT2D eigenvalue weighted by molar-refractivity contribution is 0.0180. The summed E-state index contributed by atoms with van der Waals surface area (Å²) in [5.41, 5.74) is 0.940. The van der Waals surface area contributed by atoms with E-state index in [1.54, 1.807) is 18.2 Å². The van der Waals surface area contributed by atoms with Crippen molar-refractivity contribution in [1.29, 1.82) is 0 Å². The number of pyridine rings is 1. The third kappa shape index (κ3) is 5.24. The number of aromatic amines is 1. The molecule has 1 amide bonds. The zero-order chi connectivity index (χ0) is 23.8. The fourth-order valence-electron chi connectivity index (χ4n) is 4.65. The number of piperidine rings is 1. The van der Waals surface area contributed by atoms with Crippen LogP contribution in [0.3, 0.4) is 0 Å². The van der Waals surface area contributed by atoms with Crippen molar-refractivity contribution in [3.8, 4) is 17.0 Å². The summed E-state index contributed by atoms with van der Waals surface area (Å²) in [7, 11) is -3.29. The lowest BCUT2D eigenvalue weighted by Crippen LogP contribution is -2.50. The Morgan fingerprint density at radius 3 is 2.36 bits per heavy atom. The molecule has 33 heavy (non-hydrogen) atoms. The molecule has 0 saturated carbocycles. The summed E-state index contributed by atoms with van der Waals surface area (Å²) >= 11 is 0. The lowest BCUT2D eigenvalue weighted by Gasteiger charge is -2.38. The standard InChI is InChI=1S/C24H30N2O6S/c1-4-15(2)31-24(28)26-17-7-8-18(26)12-19(11-17)32-20-13-22(25-23(27)14-20)16-5-9-21(10-6-16)33(3,29)30/h5-6,9-10,13-15,17-19H,4,7-8,11-12H2,1-3H3,(H,25,27). The number of hydrogen-bond acceptors (Lipinski definition) is 6. The van der Waals surface area contributed by atoms with Crippen LogP contribution in [0.5, 0.6) is 5.75 Å². The van der Waals surface area contributed by atoms with Crippen LogP contribution in [0.25, 0.3) is 11.3 Å². The summed E-state index contributed by atoms with van der Waals surface area (Å²) in [5, 5.41) is 0. The van der Waals surface area contributed by atoms with Crippen LogP contribution in [0.15, 0.2) is 46.1 Å². The molecule has 0 aliphatic carbocycles. The number of fused-ring (bicyclic) bond motifs is 2. The quantitative estimate of drug-likeness (QED) is 0.683. The molecule has 3 unspecified atom stereocenters. The highest BCUT2D eigenvalue weighted by Gasteiger charge is 2.45. The van der Waals surface area contributed by atoms with Gasteiger partial charge < -0.3 is 19.4 Å². The van der Waals surface area contributed by atoms with Gasteiger partial charge in [-0.25, -0.2) is 13.2 Å². The average molecular weight is 475 g/mol. The number of nitrogens with zero attached hydrogens (tertiary/aromatic N) is 1. The molecule has 0 radical (unpaired) electrons. The smallest absolute Gasteiger partial charge is 0.410 e. The molecular formula is C24H30N2O6S. The minimum Gasteiger partial charge on any atom is -0.490 e. The molecule has 2 fully saturated rings. The van der Waals surface area contributed by atoms with Gasteiger partial charge in [-0.05, 0) is 43.9 Å². The largest absolute Gasteiger partial charge is 0.490 e. The number of aromatic nitrogens is 1. The maximum Gasteiger partial charge on any atom is 0.410 e. The first-order valence-electron chi connectivity index (χ1n) is 11.3. The fourth-order valence-corrected chi connectivity index (χ4v) is 5.28. The van der Waals surface area contributed by atoms with Crippen molar-refractivity contribution in [2.45, 2.75) is 75.1 Å². The SMILES string of the molecule is CCC(C)OC(=O)N1C2CCC1CC(Oc1cc(-c3ccc(S(C)(=O)=O)cc3)[nH]c(=O)c1)C2. The average Bonchev–Trinajstić information content (AvgIpc) is 3.03. The highest BCUT2D eigenvalue weighted by atomic mass is 32.2. The van der Waals surface area contributed by atoms with Gasteiger partial charge in [-0.2, -0.15) is 0 Å². The number of sulfone groups is 1. The third-order valence-corrected chi connectivity index (χ3v) is 7.62. The van der Waals surface area contributed by atoms with Crippen LogP contribution < -0.4 is 10.3 Å². The predicted molar refractivity (Wildman–Crippen MR) is 124 cm³/mol. The fraction of sp³-hybridized carbons (Fsp3) is 0.500. The number of nitrogens with one attached hydrogen (secondary N) is 1. The second-order valence-electron chi connectivity index (χ2n) is 9.00. The van der Waals surface area contributed by atoms with E-state index in [4.69, 9.17) is 9.47 Å². The number of rotatable bonds is 6. The minimum atomic E-state index is -3.29. The lowest BCUT2D eigenvalue weighted by atomic mass is 10.00. The summed E-state index contributed by atoms with van der Waals surface area (Å²) in [6.07, 6.45) is 4.72. The predicted octanol–water partition coefficient (Wildman–Crippen LogP) is 3.75. The Hall–Kier alpha value is -2.81. The molecule has 2 aliphatic rings. The van der Waals surface area contributed by atoms with Gasteiger partial charge in [0, 0.05) is 43.3 Å².